The number of carbonyl (C=O) groups is 2. The molecule has 0 radical (unpaired) electrons. The Hall–Kier alpha value is -1.58. The van der Waals surface area contributed by atoms with E-state index in [9.17, 15) is 9.59 Å². The molecule has 0 rings (SSSR count). The lowest BCUT2D eigenvalue weighted by Crippen LogP contribution is -2.47. The number of rotatable bonds is 41. The summed E-state index contributed by atoms with van der Waals surface area (Å²) in [7, 11) is 0. The molecule has 4 heteroatoms. The molecule has 0 aromatic carbocycles. The number of unbranched alkanes of at least 4 members (excludes halogenated alkanes) is 30. The molecule has 0 aliphatic rings. The van der Waals surface area contributed by atoms with Crippen LogP contribution in [0.5, 0.6) is 0 Å². The van der Waals surface area contributed by atoms with Crippen LogP contribution in [-0.4, -0.2) is 18.0 Å². The van der Waals surface area contributed by atoms with Gasteiger partial charge in [-0.25, -0.2) is 0 Å². The van der Waals surface area contributed by atoms with Crippen LogP contribution in [0.1, 0.15) is 258 Å². The minimum Gasteiger partial charge on any atom is -0.336 e. The largest absolute Gasteiger partial charge is 0.336 e. The second-order valence-electron chi connectivity index (χ2n) is 15.6. The molecule has 0 bridgehead atoms. The fraction of sp³-hybridized carbons (Fsp3) is 0.872. The van der Waals surface area contributed by atoms with Gasteiger partial charge in [0.25, 0.3) is 0 Å². The van der Waals surface area contributed by atoms with Crippen LogP contribution in [0, 0.1) is 0 Å². The van der Waals surface area contributed by atoms with Gasteiger partial charge in [-0.15, -0.1) is 0 Å². The van der Waals surface area contributed by atoms with Gasteiger partial charge in [0, 0.05) is 12.8 Å². The zero-order valence-electron chi connectivity index (χ0n) is 34.9. The monoisotopic (exact) mass is 715 g/mol. The molecule has 0 aromatic rings. The zero-order valence-corrected chi connectivity index (χ0v) is 34.9. The van der Waals surface area contributed by atoms with E-state index in [2.05, 4.69) is 48.8 Å². The number of amides is 2. The Labute approximate surface area is 320 Å². The first kappa shape index (κ1) is 49.4. The summed E-state index contributed by atoms with van der Waals surface area (Å²) in [6.07, 6.45) is 55.5. The van der Waals surface area contributed by atoms with E-state index in [4.69, 9.17) is 0 Å². The number of hydrogen-bond acceptors (Lipinski definition) is 2. The quantitative estimate of drug-likeness (QED) is 0.0376. The molecule has 0 atom stereocenters. The Bertz CT molecular complexity index is 714. The Morgan fingerprint density at radius 2 is 0.588 bits per heavy atom. The smallest absolute Gasteiger partial charge is 0.221 e. The van der Waals surface area contributed by atoms with E-state index < -0.39 is 0 Å². The molecule has 2 amide bonds. The maximum Gasteiger partial charge on any atom is 0.221 e. The third-order valence-corrected chi connectivity index (χ3v) is 10.4. The normalized spacial score (nSPS) is 11.8. The zero-order chi connectivity index (χ0) is 37.1. The van der Waals surface area contributed by atoms with Crippen molar-refractivity contribution in [1.29, 1.82) is 0 Å². The molecule has 0 spiro atoms. The van der Waals surface area contributed by atoms with Crippen molar-refractivity contribution in [1.82, 2.24) is 10.6 Å². The molecule has 0 fully saturated rings. The van der Waals surface area contributed by atoms with Gasteiger partial charge in [0.1, 0.15) is 6.17 Å². The van der Waals surface area contributed by atoms with Crippen molar-refractivity contribution in [3.05, 3.63) is 24.3 Å². The van der Waals surface area contributed by atoms with Crippen LogP contribution in [0.25, 0.3) is 0 Å². The van der Waals surface area contributed by atoms with Gasteiger partial charge in [0.2, 0.25) is 11.8 Å². The molecule has 2 N–H and O–H groups in total. The average Bonchev–Trinajstić information content (AvgIpc) is 3.13. The van der Waals surface area contributed by atoms with Crippen molar-refractivity contribution in [2.75, 3.05) is 0 Å². The number of nitrogens with one attached hydrogen (secondary N) is 2. The molecule has 0 saturated heterocycles. The second-order valence-corrected chi connectivity index (χ2v) is 15.6. The van der Waals surface area contributed by atoms with Gasteiger partial charge >= 0.3 is 0 Å². The molecule has 51 heavy (non-hydrogen) atoms. The van der Waals surface area contributed by atoms with Gasteiger partial charge in [0.15, 0.2) is 0 Å². The summed E-state index contributed by atoms with van der Waals surface area (Å²) < 4.78 is 0. The Balaban J connectivity index is 3.51. The summed E-state index contributed by atoms with van der Waals surface area (Å²) in [5, 5.41) is 6.08. The highest BCUT2D eigenvalue weighted by Gasteiger charge is 2.13. The van der Waals surface area contributed by atoms with Crippen LogP contribution in [0.4, 0.5) is 0 Å². The topological polar surface area (TPSA) is 58.2 Å². The molecule has 0 aliphatic carbocycles. The Morgan fingerprint density at radius 1 is 0.353 bits per heavy atom. The number of allylic oxidation sites excluding steroid dienone is 4. The molecule has 0 unspecified atom stereocenters. The van der Waals surface area contributed by atoms with E-state index in [0.29, 0.717) is 12.8 Å². The molecule has 0 aliphatic heterocycles. The van der Waals surface area contributed by atoms with Crippen molar-refractivity contribution < 1.29 is 9.59 Å². The van der Waals surface area contributed by atoms with Crippen molar-refractivity contribution in [2.24, 2.45) is 0 Å². The number of hydrogen-bond donors (Lipinski definition) is 2. The summed E-state index contributed by atoms with van der Waals surface area (Å²) in [6, 6.07) is 0. The highest BCUT2D eigenvalue weighted by Crippen LogP contribution is 2.14. The maximum atomic E-state index is 12.4. The predicted molar refractivity (Wildman–Crippen MR) is 226 cm³/mol. The minimum absolute atomic E-state index is 0.0723. The van der Waals surface area contributed by atoms with Crippen molar-refractivity contribution in [2.45, 2.75) is 265 Å². The Kier molecular flexibility index (Phi) is 41.5. The third-order valence-electron chi connectivity index (χ3n) is 10.4. The van der Waals surface area contributed by atoms with Gasteiger partial charge < -0.3 is 10.6 Å². The first-order valence-corrected chi connectivity index (χ1v) is 23.0. The molecule has 0 saturated carbocycles. The van der Waals surface area contributed by atoms with Crippen LogP contribution < -0.4 is 10.6 Å². The lowest BCUT2D eigenvalue weighted by Gasteiger charge is -2.18. The summed E-state index contributed by atoms with van der Waals surface area (Å²) >= 11 is 0. The summed E-state index contributed by atoms with van der Waals surface area (Å²) in [5.41, 5.74) is 0. The van der Waals surface area contributed by atoms with Crippen LogP contribution in [0.15, 0.2) is 24.3 Å². The van der Waals surface area contributed by atoms with E-state index in [1.807, 2.05) is 6.92 Å². The van der Waals surface area contributed by atoms with Crippen LogP contribution in [0.3, 0.4) is 0 Å². The first-order valence-electron chi connectivity index (χ1n) is 23.0. The van der Waals surface area contributed by atoms with Crippen molar-refractivity contribution in [3.63, 3.8) is 0 Å². The van der Waals surface area contributed by atoms with E-state index >= 15 is 0 Å². The van der Waals surface area contributed by atoms with E-state index in [-0.39, 0.29) is 18.0 Å². The lowest BCUT2D eigenvalue weighted by molar-refractivity contribution is -0.124. The van der Waals surface area contributed by atoms with Gasteiger partial charge in [-0.2, -0.15) is 0 Å². The summed E-state index contributed by atoms with van der Waals surface area (Å²) in [4.78, 5) is 24.9. The van der Waals surface area contributed by atoms with Crippen LogP contribution in [-0.2, 0) is 9.59 Å². The molecule has 4 nitrogen and oxygen atoms in total. The van der Waals surface area contributed by atoms with Gasteiger partial charge in [-0.3, -0.25) is 9.59 Å². The van der Waals surface area contributed by atoms with Gasteiger partial charge in [0.05, 0.1) is 0 Å². The minimum atomic E-state index is -0.239. The number of carbonyl (C=O) groups excluding carboxylic acids is 2. The summed E-state index contributed by atoms with van der Waals surface area (Å²) in [6.45, 7) is 6.58. The van der Waals surface area contributed by atoms with Crippen molar-refractivity contribution in [3.8, 4) is 0 Å². The molecule has 0 heterocycles. The lowest BCUT2D eigenvalue weighted by atomic mass is 10.1. The SMILES string of the molecule is CCCCCCCC/C=C\CCCCCCCCCCCC(=O)NC(CC)NC(=O)CCCCCCCCCCC/C=C\CCCCCCCC. The van der Waals surface area contributed by atoms with E-state index in [0.717, 1.165) is 32.1 Å². The van der Waals surface area contributed by atoms with E-state index in [1.54, 1.807) is 0 Å². The standard InChI is InChI=1S/C47H90N2O2/c1-4-7-9-11-13-15-17-19-21-23-25-27-29-31-33-35-37-39-41-43-46(50)48-45(6-3)49-47(51)44-42-40-38-36-34-32-30-28-26-24-22-20-18-16-14-12-10-8-5-2/h19-22,45H,4-18,23-44H2,1-3H3,(H,48,50)(H,49,51)/b21-19-,22-20-. The second kappa shape index (κ2) is 42.8. The molecular formula is C47H90N2O2. The maximum absolute atomic E-state index is 12.4. The predicted octanol–water partition coefficient (Wildman–Crippen LogP) is 15.2. The van der Waals surface area contributed by atoms with Crippen LogP contribution >= 0.6 is 0 Å². The summed E-state index contributed by atoms with van der Waals surface area (Å²) in [5.74, 6) is 0.145. The third kappa shape index (κ3) is 41.0. The highest BCUT2D eigenvalue weighted by molar-refractivity contribution is 5.79. The van der Waals surface area contributed by atoms with Crippen LogP contribution in [0.2, 0.25) is 0 Å². The fourth-order valence-corrected chi connectivity index (χ4v) is 6.90. The average molecular weight is 715 g/mol. The molecule has 300 valence electrons. The fourth-order valence-electron chi connectivity index (χ4n) is 6.90. The first-order chi connectivity index (χ1) is 25.1. The van der Waals surface area contributed by atoms with Gasteiger partial charge in [-0.1, -0.05) is 199 Å². The molecule has 0 aromatic heterocycles. The highest BCUT2D eigenvalue weighted by atomic mass is 16.2. The van der Waals surface area contributed by atoms with Crippen molar-refractivity contribution >= 4 is 11.8 Å². The van der Waals surface area contributed by atoms with Gasteiger partial charge in [-0.05, 0) is 70.6 Å². The molecular weight excluding hydrogens is 625 g/mol. The van der Waals surface area contributed by atoms with E-state index in [1.165, 1.54) is 193 Å². The Morgan fingerprint density at radius 3 is 0.843 bits per heavy atom.